The highest BCUT2D eigenvalue weighted by molar-refractivity contribution is 7.98. The van der Waals surface area contributed by atoms with Crippen molar-refractivity contribution in [3.05, 3.63) is 35.9 Å². The Labute approximate surface area is 183 Å². The van der Waals surface area contributed by atoms with Gasteiger partial charge >= 0.3 is 0 Å². The molecule has 0 aliphatic carbocycles. The molecule has 1 aromatic rings. The quantitative estimate of drug-likeness (QED) is 0.386. The minimum atomic E-state index is -0.791. The lowest BCUT2D eigenvalue weighted by Gasteiger charge is -2.25. The van der Waals surface area contributed by atoms with E-state index in [1.165, 1.54) is 6.92 Å². The second kappa shape index (κ2) is 13.8. The summed E-state index contributed by atoms with van der Waals surface area (Å²) >= 11 is 1.57. The Kier molecular flexibility index (Phi) is 11.8. The first kappa shape index (κ1) is 25.7. The molecule has 1 aromatic carbocycles. The molecule has 0 heterocycles. The van der Waals surface area contributed by atoms with Crippen molar-refractivity contribution in [1.29, 1.82) is 0 Å². The predicted octanol–water partition coefficient (Wildman–Crippen LogP) is 1.70. The van der Waals surface area contributed by atoms with Gasteiger partial charge in [-0.05, 0) is 49.7 Å². The highest BCUT2D eigenvalue weighted by Crippen LogP contribution is 2.09. The van der Waals surface area contributed by atoms with E-state index in [0.29, 0.717) is 31.4 Å². The van der Waals surface area contributed by atoms with Crippen LogP contribution < -0.4 is 16.0 Å². The van der Waals surface area contributed by atoms with E-state index in [2.05, 4.69) is 16.0 Å². The van der Waals surface area contributed by atoms with Crippen LogP contribution in [0.3, 0.4) is 0 Å². The van der Waals surface area contributed by atoms with E-state index in [9.17, 15) is 19.2 Å². The van der Waals surface area contributed by atoms with Crippen molar-refractivity contribution >= 4 is 35.8 Å². The number of hydrogen-bond acceptors (Lipinski definition) is 5. The summed E-state index contributed by atoms with van der Waals surface area (Å²) in [4.78, 5) is 48.6. The molecule has 30 heavy (non-hydrogen) atoms. The molecule has 0 aromatic heterocycles. The van der Waals surface area contributed by atoms with Gasteiger partial charge in [0.25, 0.3) is 0 Å². The lowest BCUT2D eigenvalue weighted by Crippen LogP contribution is -2.55. The fraction of sp³-hybridized carbons (Fsp3) is 0.545. The zero-order valence-corrected chi connectivity index (χ0v) is 19.0. The molecule has 3 amide bonds. The fourth-order valence-electron chi connectivity index (χ4n) is 3.00. The third-order valence-corrected chi connectivity index (χ3v) is 5.27. The highest BCUT2D eigenvalue weighted by Gasteiger charge is 2.28. The lowest BCUT2D eigenvalue weighted by molar-refractivity contribution is -0.132. The summed E-state index contributed by atoms with van der Waals surface area (Å²) in [5.74, 6) is -0.108. The van der Waals surface area contributed by atoms with E-state index >= 15 is 0 Å². The van der Waals surface area contributed by atoms with E-state index in [-0.39, 0.29) is 11.7 Å². The molecule has 0 spiro atoms. The van der Waals surface area contributed by atoms with Crippen LogP contribution in [0.15, 0.2) is 30.3 Å². The number of amides is 3. The molecule has 8 heteroatoms. The summed E-state index contributed by atoms with van der Waals surface area (Å²) in [5.41, 5.74) is 0.940. The number of benzene rings is 1. The highest BCUT2D eigenvalue weighted by atomic mass is 32.2. The Morgan fingerprint density at radius 3 is 2.13 bits per heavy atom. The van der Waals surface area contributed by atoms with Gasteiger partial charge in [-0.2, -0.15) is 11.8 Å². The summed E-state index contributed by atoms with van der Waals surface area (Å²) in [6, 6.07) is 7.28. The molecular weight excluding hydrogens is 402 g/mol. The molecule has 0 unspecified atom stereocenters. The molecule has 0 aliphatic heterocycles. The fourth-order valence-corrected chi connectivity index (χ4v) is 3.47. The Balaban J connectivity index is 2.88. The molecule has 0 saturated carbocycles. The molecule has 7 nitrogen and oxygen atoms in total. The van der Waals surface area contributed by atoms with Gasteiger partial charge in [0.15, 0.2) is 5.78 Å². The van der Waals surface area contributed by atoms with E-state index in [1.54, 1.807) is 11.8 Å². The average Bonchev–Trinajstić information content (AvgIpc) is 2.70. The van der Waals surface area contributed by atoms with Crippen LogP contribution >= 0.6 is 11.8 Å². The van der Waals surface area contributed by atoms with Crippen molar-refractivity contribution in [3.8, 4) is 0 Å². The second-order valence-corrected chi connectivity index (χ2v) is 8.66. The van der Waals surface area contributed by atoms with Gasteiger partial charge in [-0.3, -0.25) is 19.2 Å². The summed E-state index contributed by atoms with van der Waals surface area (Å²) in [6.07, 6.45) is 3.68. The van der Waals surface area contributed by atoms with Crippen LogP contribution in [0.1, 0.15) is 39.2 Å². The van der Waals surface area contributed by atoms with Gasteiger partial charge in [-0.1, -0.05) is 44.2 Å². The molecule has 0 saturated heterocycles. The normalized spacial score (nSPS) is 13.8. The maximum Gasteiger partial charge on any atom is 0.243 e. The Hall–Kier alpha value is -2.35. The predicted molar refractivity (Wildman–Crippen MR) is 120 cm³/mol. The van der Waals surface area contributed by atoms with Crippen molar-refractivity contribution in [2.24, 2.45) is 5.92 Å². The molecule has 3 N–H and O–H groups in total. The Bertz CT molecular complexity index is 697. The molecule has 1 rings (SSSR count). The number of rotatable bonds is 14. The molecular formula is C22H33N3O4S. The van der Waals surface area contributed by atoms with Crippen LogP contribution in [-0.4, -0.2) is 54.1 Å². The van der Waals surface area contributed by atoms with Gasteiger partial charge in [0.2, 0.25) is 18.2 Å². The molecule has 0 aliphatic rings. The van der Waals surface area contributed by atoms with Gasteiger partial charge < -0.3 is 16.0 Å². The van der Waals surface area contributed by atoms with Gasteiger partial charge in [0.1, 0.15) is 12.1 Å². The topological polar surface area (TPSA) is 104 Å². The van der Waals surface area contributed by atoms with Gasteiger partial charge in [-0.25, -0.2) is 0 Å². The SMILES string of the molecule is CSCC[C@H](NC=O)C(=O)N[C@@H](CC(C)C)C(=O)N[C@@H](Cc1ccccc1)C(C)=O. The minimum absolute atomic E-state index is 0.148. The Morgan fingerprint density at radius 1 is 1.00 bits per heavy atom. The first-order valence-electron chi connectivity index (χ1n) is 10.1. The van der Waals surface area contributed by atoms with Crippen molar-refractivity contribution in [2.75, 3.05) is 12.0 Å². The maximum absolute atomic E-state index is 12.9. The third kappa shape index (κ3) is 9.43. The second-order valence-electron chi connectivity index (χ2n) is 7.67. The lowest BCUT2D eigenvalue weighted by atomic mass is 9.99. The zero-order valence-electron chi connectivity index (χ0n) is 18.1. The van der Waals surface area contributed by atoms with Gasteiger partial charge in [0, 0.05) is 0 Å². The van der Waals surface area contributed by atoms with E-state index in [1.807, 2.05) is 50.4 Å². The summed E-state index contributed by atoms with van der Waals surface area (Å²) in [5, 5.41) is 8.06. The van der Waals surface area contributed by atoms with Gasteiger partial charge in [0.05, 0.1) is 6.04 Å². The number of thioether (sulfide) groups is 1. The molecule has 0 fully saturated rings. The maximum atomic E-state index is 12.9. The first-order valence-corrected chi connectivity index (χ1v) is 11.5. The van der Waals surface area contributed by atoms with Crippen LogP contribution in [0, 0.1) is 5.92 Å². The number of ketones is 1. The van der Waals surface area contributed by atoms with Crippen LogP contribution in [0.5, 0.6) is 0 Å². The van der Waals surface area contributed by atoms with Crippen LogP contribution in [-0.2, 0) is 25.6 Å². The number of Topliss-reactive ketones (excluding diaryl/α,β-unsaturated/α-hetero) is 1. The summed E-state index contributed by atoms with van der Waals surface area (Å²) in [7, 11) is 0. The average molecular weight is 436 g/mol. The molecule has 3 atom stereocenters. The smallest absolute Gasteiger partial charge is 0.243 e. The van der Waals surface area contributed by atoms with Crippen molar-refractivity contribution in [2.45, 2.75) is 58.2 Å². The zero-order chi connectivity index (χ0) is 22.5. The van der Waals surface area contributed by atoms with Crippen molar-refractivity contribution in [3.63, 3.8) is 0 Å². The van der Waals surface area contributed by atoms with E-state index < -0.39 is 29.9 Å². The van der Waals surface area contributed by atoms with Crippen molar-refractivity contribution < 1.29 is 19.2 Å². The molecule has 166 valence electrons. The van der Waals surface area contributed by atoms with Crippen LogP contribution in [0.4, 0.5) is 0 Å². The van der Waals surface area contributed by atoms with Gasteiger partial charge in [-0.15, -0.1) is 0 Å². The monoisotopic (exact) mass is 435 g/mol. The third-order valence-electron chi connectivity index (χ3n) is 4.63. The number of carbonyl (C=O) groups excluding carboxylic acids is 4. The van der Waals surface area contributed by atoms with E-state index in [0.717, 1.165) is 5.56 Å². The standard InChI is InChI=1S/C22H33N3O4S/c1-15(2)12-20(25-21(28)18(23-14-26)10-11-30-4)22(29)24-19(16(3)27)13-17-8-6-5-7-9-17/h5-9,14-15,18-20H,10-13H2,1-4H3,(H,23,26)(H,24,29)(H,25,28)/t18-,19-,20-/m0/s1. The first-order chi connectivity index (χ1) is 14.3. The number of carbonyl (C=O) groups is 4. The van der Waals surface area contributed by atoms with E-state index in [4.69, 9.17) is 0 Å². The molecule has 0 radical (unpaired) electrons. The van der Waals surface area contributed by atoms with Crippen LogP contribution in [0.25, 0.3) is 0 Å². The number of nitrogens with one attached hydrogen (secondary N) is 3. The van der Waals surface area contributed by atoms with Crippen molar-refractivity contribution in [1.82, 2.24) is 16.0 Å². The largest absolute Gasteiger partial charge is 0.347 e. The Morgan fingerprint density at radius 2 is 1.60 bits per heavy atom. The minimum Gasteiger partial charge on any atom is -0.347 e. The number of hydrogen-bond donors (Lipinski definition) is 3. The summed E-state index contributed by atoms with van der Waals surface area (Å²) < 4.78 is 0. The van der Waals surface area contributed by atoms with Crippen LogP contribution in [0.2, 0.25) is 0 Å². The molecule has 0 bridgehead atoms. The summed E-state index contributed by atoms with van der Waals surface area (Å²) in [6.45, 7) is 5.35.